The molecular formula is C21H24N2O2. The van der Waals surface area contributed by atoms with Crippen LogP contribution < -0.4 is 10.1 Å². The molecule has 25 heavy (non-hydrogen) atoms. The number of anilines is 1. The van der Waals surface area contributed by atoms with E-state index in [1.54, 1.807) is 7.11 Å². The lowest BCUT2D eigenvalue weighted by Gasteiger charge is -2.19. The third-order valence-corrected chi connectivity index (χ3v) is 4.36. The third kappa shape index (κ3) is 3.85. The molecule has 0 saturated heterocycles. The summed E-state index contributed by atoms with van der Waals surface area (Å²) in [5, 5.41) is 3.98. The largest absolute Gasteiger partial charge is 0.497 e. The number of aromatic amines is 1. The van der Waals surface area contributed by atoms with Crippen LogP contribution in [0, 0.1) is 0 Å². The lowest BCUT2D eigenvalue weighted by Crippen LogP contribution is -2.15. The second-order valence-corrected chi connectivity index (χ2v) is 7.28. The van der Waals surface area contributed by atoms with Crippen LogP contribution in [0.3, 0.4) is 0 Å². The lowest BCUT2D eigenvalue weighted by molar-refractivity contribution is -0.115. The van der Waals surface area contributed by atoms with Crippen molar-refractivity contribution in [2.45, 2.75) is 32.6 Å². The zero-order valence-electron chi connectivity index (χ0n) is 15.1. The van der Waals surface area contributed by atoms with Gasteiger partial charge in [0, 0.05) is 22.8 Å². The maximum absolute atomic E-state index is 12.4. The Labute approximate surface area is 148 Å². The highest BCUT2D eigenvalue weighted by atomic mass is 16.5. The molecule has 1 amide bonds. The second-order valence-electron chi connectivity index (χ2n) is 7.28. The predicted molar refractivity (Wildman–Crippen MR) is 102 cm³/mol. The van der Waals surface area contributed by atoms with Gasteiger partial charge in [-0.3, -0.25) is 4.79 Å². The number of ether oxygens (including phenoxy) is 1. The number of nitrogens with one attached hydrogen (secondary N) is 2. The van der Waals surface area contributed by atoms with Gasteiger partial charge in [0.25, 0.3) is 0 Å². The van der Waals surface area contributed by atoms with Gasteiger partial charge < -0.3 is 15.0 Å². The Kier molecular flexibility index (Phi) is 4.53. The minimum atomic E-state index is -0.0350. The monoisotopic (exact) mass is 336 g/mol. The molecule has 0 aliphatic carbocycles. The zero-order chi connectivity index (χ0) is 18.0. The number of hydrogen-bond acceptors (Lipinski definition) is 2. The van der Waals surface area contributed by atoms with Crippen LogP contribution in [0.4, 0.5) is 5.69 Å². The van der Waals surface area contributed by atoms with Crippen molar-refractivity contribution in [1.29, 1.82) is 0 Å². The molecule has 0 spiro atoms. The maximum atomic E-state index is 12.4. The molecule has 3 rings (SSSR count). The van der Waals surface area contributed by atoms with Crippen molar-refractivity contribution in [3.05, 3.63) is 59.8 Å². The summed E-state index contributed by atoms with van der Waals surface area (Å²) in [7, 11) is 1.64. The fourth-order valence-electron chi connectivity index (χ4n) is 2.86. The second kappa shape index (κ2) is 6.63. The van der Waals surface area contributed by atoms with E-state index >= 15 is 0 Å². The van der Waals surface area contributed by atoms with Crippen LogP contribution in [0.5, 0.6) is 5.75 Å². The maximum Gasteiger partial charge on any atom is 0.228 e. The summed E-state index contributed by atoms with van der Waals surface area (Å²) < 4.78 is 5.27. The number of fused-ring (bicyclic) bond motifs is 1. The zero-order valence-corrected chi connectivity index (χ0v) is 15.1. The van der Waals surface area contributed by atoms with Crippen LogP contribution in [0.15, 0.2) is 48.7 Å². The van der Waals surface area contributed by atoms with Gasteiger partial charge >= 0.3 is 0 Å². The predicted octanol–water partition coefficient (Wildman–Crippen LogP) is 4.66. The van der Waals surface area contributed by atoms with Crippen LogP contribution in [0.2, 0.25) is 0 Å². The van der Waals surface area contributed by atoms with Gasteiger partial charge in [-0.2, -0.15) is 0 Å². The molecule has 4 heteroatoms. The minimum absolute atomic E-state index is 0.0350. The molecule has 0 aliphatic rings. The summed E-state index contributed by atoms with van der Waals surface area (Å²) in [5.41, 5.74) is 4.12. The first-order valence-corrected chi connectivity index (χ1v) is 8.41. The van der Waals surface area contributed by atoms with Gasteiger partial charge in [-0.05, 0) is 46.9 Å². The van der Waals surface area contributed by atoms with Gasteiger partial charge in [0.15, 0.2) is 0 Å². The van der Waals surface area contributed by atoms with Crippen LogP contribution in [0.1, 0.15) is 31.9 Å². The van der Waals surface area contributed by atoms with Gasteiger partial charge in [0.2, 0.25) is 5.91 Å². The number of H-pyrrole nitrogens is 1. The Hall–Kier alpha value is -2.75. The fraction of sp³-hybridized carbons (Fsp3) is 0.286. The molecular weight excluding hydrogens is 312 g/mol. The number of methoxy groups -OCH3 is 1. The van der Waals surface area contributed by atoms with Gasteiger partial charge in [-0.1, -0.05) is 32.9 Å². The Morgan fingerprint density at radius 3 is 2.48 bits per heavy atom. The molecule has 2 aromatic carbocycles. The Bertz CT molecular complexity index is 886. The Balaban J connectivity index is 1.72. The van der Waals surface area contributed by atoms with Crippen LogP contribution in [-0.4, -0.2) is 18.0 Å². The van der Waals surface area contributed by atoms with Gasteiger partial charge in [0.1, 0.15) is 5.75 Å². The summed E-state index contributed by atoms with van der Waals surface area (Å²) in [6.45, 7) is 6.52. The van der Waals surface area contributed by atoms with E-state index in [0.717, 1.165) is 27.9 Å². The number of aromatic nitrogens is 1. The minimum Gasteiger partial charge on any atom is -0.497 e. The molecule has 2 N–H and O–H groups in total. The molecule has 1 heterocycles. The first-order chi connectivity index (χ1) is 11.9. The summed E-state index contributed by atoms with van der Waals surface area (Å²) in [6, 6.07) is 13.8. The third-order valence-electron chi connectivity index (χ3n) is 4.36. The molecule has 0 saturated carbocycles. The van der Waals surface area contributed by atoms with E-state index in [1.165, 1.54) is 5.56 Å². The summed E-state index contributed by atoms with van der Waals surface area (Å²) in [4.78, 5) is 15.6. The van der Waals surface area contributed by atoms with Crippen molar-refractivity contribution in [2.24, 2.45) is 0 Å². The first kappa shape index (κ1) is 17.1. The Morgan fingerprint density at radius 2 is 1.84 bits per heavy atom. The normalized spacial score (nSPS) is 11.5. The van der Waals surface area contributed by atoms with E-state index in [4.69, 9.17) is 4.74 Å². The average Bonchev–Trinajstić information content (AvgIpc) is 2.96. The van der Waals surface area contributed by atoms with E-state index in [-0.39, 0.29) is 11.3 Å². The van der Waals surface area contributed by atoms with Crippen LogP contribution in [-0.2, 0) is 16.6 Å². The number of carbonyl (C=O) groups is 1. The van der Waals surface area contributed by atoms with Crippen LogP contribution in [0.25, 0.3) is 10.9 Å². The van der Waals surface area contributed by atoms with Gasteiger partial charge in [-0.25, -0.2) is 0 Å². The molecule has 130 valence electrons. The van der Waals surface area contributed by atoms with Crippen molar-refractivity contribution >= 4 is 22.5 Å². The molecule has 3 aromatic rings. The van der Waals surface area contributed by atoms with Crippen molar-refractivity contribution < 1.29 is 9.53 Å². The van der Waals surface area contributed by atoms with Gasteiger partial charge in [-0.15, -0.1) is 0 Å². The summed E-state index contributed by atoms with van der Waals surface area (Å²) in [6.07, 6.45) is 2.20. The molecule has 0 atom stereocenters. The fourth-order valence-corrected chi connectivity index (χ4v) is 2.86. The molecule has 0 bridgehead atoms. The number of rotatable bonds is 4. The highest BCUT2D eigenvalue weighted by Gasteiger charge is 2.14. The quantitative estimate of drug-likeness (QED) is 0.728. The number of amides is 1. The Morgan fingerprint density at radius 1 is 1.12 bits per heavy atom. The van der Waals surface area contributed by atoms with E-state index < -0.39 is 0 Å². The summed E-state index contributed by atoms with van der Waals surface area (Å²) in [5.74, 6) is 0.749. The first-order valence-electron chi connectivity index (χ1n) is 8.41. The molecule has 1 aromatic heterocycles. The molecule has 0 aliphatic heterocycles. The number of hydrogen-bond donors (Lipinski definition) is 2. The van der Waals surface area contributed by atoms with Crippen LogP contribution >= 0.6 is 0 Å². The van der Waals surface area contributed by atoms with Crippen molar-refractivity contribution in [3.8, 4) is 5.75 Å². The van der Waals surface area contributed by atoms with Crippen molar-refractivity contribution in [1.82, 2.24) is 4.98 Å². The summed E-state index contributed by atoms with van der Waals surface area (Å²) >= 11 is 0. The SMILES string of the molecule is COc1ccc2[nH]cc(CC(=O)Nc3ccc(C(C)(C)C)cc3)c2c1. The smallest absolute Gasteiger partial charge is 0.228 e. The lowest BCUT2D eigenvalue weighted by atomic mass is 9.87. The molecule has 0 radical (unpaired) electrons. The van der Waals surface area contributed by atoms with Crippen molar-refractivity contribution in [3.63, 3.8) is 0 Å². The number of benzene rings is 2. The average molecular weight is 336 g/mol. The van der Waals surface area contributed by atoms with E-state index in [1.807, 2.05) is 36.5 Å². The van der Waals surface area contributed by atoms with E-state index in [2.05, 4.69) is 43.2 Å². The number of carbonyl (C=O) groups excluding carboxylic acids is 1. The topological polar surface area (TPSA) is 54.1 Å². The van der Waals surface area contributed by atoms with Crippen molar-refractivity contribution in [2.75, 3.05) is 12.4 Å². The molecule has 4 nitrogen and oxygen atoms in total. The van der Waals surface area contributed by atoms with E-state index in [0.29, 0.717) is 6.42 Å². The van der Waals surface area contributed by atoms with E-state index in [9.17, 15) is 4.79 Å². The molecule has 0 unspecified atom stereocenters. The highest BCUT2D eigenvalue weighted by molar-refractivity contribution is 5.96. The molecule has 0 fully saturated rings. The van der Waals surface area contributed by atoms with Gasteiger partial charge in [0.05, 0.1) is 13.5 Å². The standard InChI is InChI=1S/C21H24N2O2/c1-21(2,3)15-5-7-16(8-6-15)23-20(24)11-14-13-22-19-10-9-17(25-4)12-18(14)19/h5-10,12-13,22H,11H2,1-4H3,(H,23,24). The highest BCUT2D eigenvalue weighted by Crippen LogP contribution is 2.25.